The fourth-order valence-corrected chi connectivity index (χ4v) is 2.60. The third-order valence-corrected chi connectivity index (χ3v) is 3.60. The van der Waals surface area contributed by atoms with Crippen LogP contribution in [0.3, 0.4) is 0 Å². The van der Waals surface area contributed by atoms with Gasteiger partial charge in [-0.2, -0.15) is 24.9 Å². The number of thioether (sulfide) groups is 1. The maximum absolute atomic E-state index is 12.8. The highest BCUT2D eigenvalue weighted by molar-refractivity contribution is 7.99. The summed E-state index contributed by atoms with van der Waals surface area (Å²) in [4.78, 5) is 12.0. The van der Waals surface area contributed by atoms with Crippen molar-refractivity contribution in [2.45, 2.75) is 12.3 Å². The number of Topliss-reactive ketones (excluding diaryl/α,β-unsaturated/α-hetero) is 1. The molecule has 0 saturated carbocycles. The zero-order valence-corrected chi connectivity index (χ0v) is 10.2. The summed E-state index contributed by atoms with van der Waals surface area (Å²) < 4.78 is 43.6. The molecule has 18 heavy (non-hydrogen) atoms. The van der Waals surface area contributed by atoms with Crippen molar-refractivity contribution in [2.75, 3.05) is 18.1 Å². The van der Waals surface area contributed by atoms with Gasteiger partial charge in [0.1, 0.15) is 6.10 Å². The van der Waals surface area contributed by atoms with Gasteiger partial charge in [0.2, 0.25) is 0 Å². The van der Waals surface area contributed by atoms with E-state index in [1.54, 1.807) is 0 Å². The highest BCUT2D eigenvalue weighted by Crippen LogP contribution is 2.33. The lowest BCUT2D eigenvalue weighted by Gasteiger charge is -2.22. The molecule has 0 N–H and O–H groups in total. The third kappa shape index (κ3) is 2.87. The van der Waals surface area contributed by atoms with Gasteiger partial charge < -0.3 is 4.74 Å². The van der Waals surface area contributed by atoms with Crippen LogP contribution < -0.4 is 0 Å². The van der Waals surface area contributed by atoms with E-state index in [2.05, 4.69) is 0 Å². The minimum atomic E-state index is -4.52. The van der Waals surface area contributed by atoms with Crippen molar-refractivity contribution in [1.29, 1.82) is 0 Å². The molecular weight excluding hydrogens is 265 g/mol. The van der Waals surface area contributed by atoms with Crippen LogP contribution in [0.2, 0.25) is 0 Å². The summed E-state index contributed by atoms with van der Waals surface area (Å²) in [5.41, 5.74) is -1.20. The SMILES string of the molecule is O=C(c1ccccc1C(F)(F)F)C1CSCCO1. The second kappa shape index (κ2) is 5.32. The number of ketones is 1. The Balaban J connectivity index is 2.30. The molecule has 1 atom stereocenters. The summed E-state index contributed by atoms with van der Waals surface area (Å²) in [6, 6.07) is 4.82. The highest BCUT2D eigenvalue weighted by atomic mass is 32.2. The molecule has 6 heteroatoms. The van der Waals surface area contributed by atoms with Crippen LogP contribution in [0.5, 0.6) is 0 Å². The van der Waals surface area contributed by atoms with Crippen molar-refractivity contribution in [1.82, 2.24) is 0 Å². The average molecular weight is 276 g/mol. The summed E-state index contributed by atoms with van der Waals surface area (Å²) >= 11 is 1.51. The largest absolute Gasteiger partial charge is 0.417 e. The molecule has 2 rings (SSSR count). The van der Waals surface area contributed by atoms with E-state index < -0.39 is 23.6 Å². The van der Waals surface area contributed by atoms with Gasteiger partial charge in [0, 0.05) is 17.1 Å². The fourth-order valence-electron chi connectivity index (χ4n) is 1.76. The lowest BCUT2D eigenvalue weighted by molar-refractivity contribution is -0.138. The Hall–Kier alpha value is -1.01. The van der Waals surface area contributed by atoms with Crippen LogP contribution in [0.15, 0.2) is 24.3 Å². The number of alkyl halides is 3. The van der Waals surface area contributed by atoms with Crippen molar-refractivity contribution < 1.29 is 22.7 Å². The smallest absolute Gasteiger partial charge is 0.368 e. The van der Waals surface area contributed by atoms with Gasteiger partial charge in [0.25, 0.3) is 0 Å². The summed E-state index contributed by atoms with van der Waals surface area (Å²) in [6.45, 7) is 0.398. The summed E-state index contributed by atoms with van der Waals surface area (Å²) in [7, 11) is 0. The normalized spacial score (nSPS) is 20.7. The summed E-state index contributed by atoms with van der Waals surface area (Å²) in [5, 5.41) is 0. The molecular formula is C12H11F3O2S. The van der Waals surface area contributed by atoms with Crippen molar-refractivity contribution >= 4 is 17.5 Å². The van der Waals surface area contributed by atoms with Gasteiger partial charge in [-0.1, -0.05) is 18.2 Å². The van der Waals surface area contributed by atoms with Gasteiger partial charge in [0.15, 0.2) is 5.78 Å². The van der Waals surface area contributed by atoms with E-state index in [1.165, 1.54) is 30.0 Å². The van der Waals surface area contributed by atoms with E-state index >= 15 is 0 Å². The van der Waals surface area contributed by atoms with Crippen molar-refractivity contribution in [3.05, 3.63) is 35.4 Å². The topological polar surface area (TPSA) is 26.3 Å². The van der Waals surface area contributed by atoms with Crippen LogP contribution in [0.25, 0.3) is 0 Å². The zero-order chi connectivity index (χ0) is 13.2. The molecule has 98 valence electrons. The van der Waals surface area contributed by atoms with Crippen LogP contribution in [0.4, 0.5) is 13.2 Å². The van der Waals surface area contributed by atoms with Gasteiger partial charge in [-0.25, -0.2) is 0 Å². The molecule has 2 nitrogen and oxygen atoms in total. The molecule has 1 heterocycles. The van der Waals surface area contributed by atoms with E-state index in [9.17, 15) is 18.0 Å². The Morgan fingerprint density at radius 3 is 2.67 bits per heavy atom. The van der Waals surface area contributed by atoms with Crippen LogP contribution in [0, 0.1) is 0 Å². The standard InChI is InChI=1S/C12H11F3O2S/c13-12(14,15)9-4-2-1-3-8(9)11(16)10-7-18-6-5-17-10/h1-4,10H,5-7H2. The van der Waals surface area contributed by atoms with Crippen molar-refractivity contribution in [3.8, 4) is 0 Å². The first-order chi connectivity index (χ1) is 8.50. The van der Waals surface area contributed by atoms with Crippen LogP contribution in [0.1, 0.15) is 15.9 Å². The molecule has 1 fully saturated rings. The lowest BCUT2D eigenvalue weighted by Crippen LogP contribution is -2.32. The zero-order valence-electron chi connectivity index (χ0n) is 9.37. The Kier molecular flexibility index (Phi) is 3.97. The van der Waals surface area contributed by atoms with E-state index in [4.69, 9.17) is 4.74 Å². The Morgan fingerprint density at radius 1 is 1.33 bits per heavy atom. The van der Waals surface area contributed by atoms with E-state index in [-0.39, 0.29) is 5.56 Å². The highest BCUT2D eigenvalue weighted by Gasteiger charge is 2.36. The molecule has 1 unspecified atom stereocenters. The molecule has 1 aliphatic rings. The number of hydrogen-bond donors (Lipinski definition) is 0. The molecule has 1 aliphatic heterocycles. The second-order valence-corrected chi connectivity index (χ2v) is 4.99. The molecule has 0 bridgehead atoms. The molecule has 0 amide bonds. The van der Waals surface area contributed by atoms with E-state index in [0.717, 1.165) is 11.8 Å². The van der Waals surface area contributed by atoms with Gasteiger partial charge in [-0.3, -0.25) is 4.79 Å². The predicted octanol–water partition coefficient (Wildman–Crippen LogP) is 3.02. The maximum Gasteiger partial charge on any atom is 0.417 e. The molecule has 1 aromatic rings. The van der Waals surface area contributed by atoms with Crippen LogP contribution >= 0.6 is 11.8 Å². The summed E-state index contributed by atoms with van der Waals surface area (Å²) in [5.74, 6) is 0.588. The third-order valence-electron chi connectivity index (χ3n) is 2.61. The number of ether oxygens (including phenoxy) is 1. The minimum Gasteiger partial charge on any atom is -0.368 e. The van der Waals surface area contributed by atoms with Crippen LogP contribution in [-0.2, 0) is 10.9 Å². The minimum absolute atomic E-state index is 0.308. The molecule has 0 radical (unpaired) electrons. The van der Waals surface area contributed by atoms with Crippen LogP contribution in [-0.4, -0.2) is 30.0 Å². The van der Waals surface area contributed by atoms with Gasteiger partial charge in [0.05, 0.1) is 12.2 Å². The Bertz CT molecular complexity index is 439. The molecule has 0 aliphatic carbocycles. The number of halogens is 3. The quantitative estimate of drug-likeness (QED) is 0.777. The van der Waals surface area contributed by atoms with E-state index in [1.807, 2.05) is 0 Å². The number of carbonyl (C=O) groups excluding carboxylic acids is 1. The molecule has 1 aromatic carbocycles. The Labute approximate surface area is 107 Å². The van der Waals surface area contributed by atoms with Gasteiger partial charge >= 0.3 is 6.18 Å². The van der Waals surface area contributed by atoms with E-state index in [0.29, 0.717) is 12.4 Å². The predicted molar refractivity (Wildman–Crippen MR) is 62.8 cm³/mol. The number of carbonyl (C=O) groups is 1. The first-order valence-electron chi connectivity index (χ1n) is 5.40. The van der Waals surface area contributed by atoms with Crippen molar-refractivity contribution in [3.63, 3.8) is 0 Å². The second-order valence-electron chi connectivity index (χ2n) is 3.84. The molecule has 0 aromatic heterocycles. The van der Waals surface area contributed by atoms with Gasteiger partial charge in [-0.05, 0) is 6.07 Å². The number of hydrogen-bond acceptors (Lipinski definition) is 3. The first kappa shape index (κ1) is 13.4. The lowest BCUT2D eigenvalue weighted by atomic mass is 10.0. The number of rotatable bonds is 2. The molecule has 0 spiro atoms. The van der Waals surface area contributed by atoms with Gasteiger partial charge in [-0.15, -0.1) is 0 Å². The average Bonchev–Trinajstić information content (AvgIpc) is 2.38. The first-order valence-corrected chi connectivity index (χ1v) is 6.55. The number of benzene rings is 1. The molecule has 1 saturated heterocycles. The monoisotopic (exact) mass is 276 g/mol. The fraction of sp³-hybridized carbons (Fsp3) is 0.417. The van der Waals surface area contributed by atoms with Crippen molar-refractivity contribution in [2.24, 2.45) is 0 Å². The maximum atomic E-state index is 12.8. The Morgan fingerprint density at radius 2 is 2.06 bits per heavy atom. The summed E-state index contributed by atoms with van der Waals surface area (Å²) in [6.07, 6.45) is -5.29.